The maximum atomic E-state index is 13.6. The van der Waals surface area contributed by atoms with Crippen LogP contribution >= 0.6 is 0 Å². The number of nitrogens with zero attached hydrogens (tertiary/aromatic N) is 1. The number of rotatable bonds is 6. The van der Waals surface area contributed by atoms with Crippen molar-refractivity contribution in [1.29, 1.82) is 0 Å². The number of carbonyl (C=O) groups excluding carboxylic acids is 2. The van der Waals surface area contributed by atoms with Crippen LogP contribution in [0.3, 0.4) is 0 Å². The van der Waals surface area contributed by atoms with Crippen molar-refractivity contribution >= 4 is 34.0 Å². The Balaban J connectivity index is 1.81. The van der Waals surface area contributed by atoms with Crippen molar-refractivity contribution in [2.75, 3.05) is 26.2 Å². The molecule has 4 aromatic rings. The molecule has 1 aliphatic heterocycles. The van der Waals surface area contributed by atoms with Gasteiger partial charge < -0.3 is 24.3 Å². The van der Waals surface area contributed by atoms with Crippen LogP contribution in [-0.4, -0.2) is 43.1 Å². The van der Waals surface area contributed by atoms with Gasteiger partial charge in [0.2, 0.25) is 5.75 Å². The van der Waals surface area contributed by atoms with Crippen molar-refractivity contribution in [2.45, 2.75) is 13.0 Å². The number of amides is 1. The van der Waals surface area contributed by atoms with Crippen LogP contribution in [0.15, 0.2) is 72.4 Å². The van der Waals surface area contributed by atoms with Crippen LogP contribution in [-0.2, 0) is 9.59 Å². The summed E-state index contributed by atoms with van der Waals surface area (Å²) in [4.78, 5) is 31.6. The van der Waals surface area contributed by atoms with Crippen LogP contribution in [0.2, 0.25) is 0 Å². The summed E-state index contributed by atoms with van der Waals surface area (Å²) in [5, 5.41) is 12.3. The summed E-state index contributed by atoms with van der Waals surface area (Å²) in [5.41, 5.74) is 3.14. The summed E-state index contributed by atoms with van der Waals surface area (Å²) in [6.45, 7) is 1.90. The van der Waals surface area contributed by atoms with E-state index in [2.05, 4.69) is 4.98 Å². The summed E-state index contributed by atoms with van der Waals surface area (Å²) < 4.78 is 16.5. The predicted molar refractivity (Wildman–Crippen MR) is 140 cm³/mol. The lowest BCUT2D eigenvalue weighted by Gasteiger charge is -2.27. The smallest absolute Gasteiger partial charge is 0.300 e. The molecule has 1 amide bonds. The molecule has 2 N–H and O–H groups in total. The van der Waals surface area contributed by atoms with Gasteiger partial charge in [0.25, 0.3) is 11.7 Å². The van der Waals surface area contributed by atoms with Crippen LogP contribution in [0, 0.1) is 6.92 Å². The van der Waals surface area contributed by atoms with Crippen molar-refractivity contribution < 1.29 is 28.9 Å². The van der Waals surface area contributed by atoms with E-state index < -0.39 is 17.7 Å². The number of hydrogen-bond acceptors (Lipinski definition) is 6. The van der Waals surface area contributed by atoms with Gasteiger partial charge in [0.1, 0.15) is 5.76 Å². The molecule has 0 spiro atoms. The molecular weight excluding hydrogens is 472 g/mol. The first-order chi connectivity index (χ1) is 17.9. The number of aliphatic hydroxyl groups is 1. The summed E-state index contributed by atoms with van der Waals surface area (Å²) in [6.07, 6.45) is 1.63. The van der Waals surface area contributed by atoms with Crippen LogP contribution in [0.1, 0.15) is 22.7 Å². The number of Topliss-reactive ketones (excluding diaryl/α,β-unsaturated/α-hetero) is 1. The second kappa shape index (κ2) is 9.39. The highest BCUT2D eigenvalue weighted by atomic mass is 16.5. The highest BCUT2D eigenvalue weighted by Gasteiger charge is 2.47. The fraction of sp³-hybridized carbons (Fsp3) is 0.172. The quantitative estimate of drug-likeness (QED) is 0.217. The number of carbonyl (C=O) groups is 2. The van der Waals surface area contributed by atoms with Crippen LogP contribution in [0.25, 0.3) is 16.7 Å². The molecule has 0 radical (unpaired) electrons. The molecule has 1 aromatic heterocycles. The van der Waals surface area contributed by atoms with E-state index in [1.807, 2.05) is 49.4 Å². The predicted octanol–water partition coefficient (Wildman–Crippen LogP) is 5.13. The van der Waals surface area contributed by atoms with E-state index in [1.54, 1.807) is 24.4 Å². The van der Waals surface area contributed by atoms with Gasteiger partial charge in [0.05, 0.1) is 32.9 Å². The number of hydrogen-bond donors (Lipinski definition) is 2. The van der Waals surface area contributed by atoms with Crippen molar-refractivity contribution in [3.05, 3.63) is 89.1 Å². The largest absolute Gasteiger partial charge is 0.507 e. The Morgan fingerprint density at radius 3 is 2.27 bits per heavy atom. The third-order valence-corrected chi connectivity index (χ3v) is 6.57. The molecule has 1 aliphatic rings. The lowest BCUT2D eigenvalue weighted by Crippen LogP contribution is -2.29. The Kier molecular flexibility index (Phi) is 6.09. The molecule has 1 saturated heterocycles. The van der Waals surface area contributed by atoms with Crippen LogP contribution in [0.4, 0.5) is 5.69 Å². The molecule has 1 atom stereocenters. The Hall–Kier alpha value is -4.72. The fourth-order valence-corrected chi connectivity index (χ4v) is 4.86. The number of anilines is 1. The molecule has 3 aromatic carbocycles. The van der Waals surface area contributed by atoms with E-state index in [0.717, 1.165) is 16.5 Å². The Morgan fingerprint density at radius 1 is 0.919 bits per heavy atom. The number of benzene rings is 3. The number of aliphatic hydroxyl groups excluding tert-OH is 1. The maximum Gasteiger partial charge on any atom is 0.300 e. The average molecular weight is 499 g/mol. The van der Waals surface area contributed by atoms with E-state index in [9.17, 15) is 14.7 Å². The highest BCUT2D eigenvalue weighted by Crippen LogP contribution is 2.47. The lowest BCUT2D eigenvalue weighted by molar-refractivity contribution is -0.132. The van der Waals surface area contributed by atoms with Gasteiger partial charge in [-0.05, 0) is 48.4 Å². The molecule has 0 aliphatic carbocycles. The van der Waals surface area contributed by atoms with Crippen LogP contribution < -0.4 is 19.1 Å². The van der Waals surface area contributed by atoms with Gasteiger partial charge in [0, 0.05) is 28.4 Å². The standard InChI is InChI=1S/C29H26N2O6/c1-16-8-7-9-18(12-16)31-25(17-13-22(35-2)28(37-4)23(14-17)36-3)24(27(33)29(31)34)26(32)20-15-30-21-11-6-5-10-19(20)21/h5-15,25,30,32H,1-4H3/b26-24-. The molecule has 2 heterocycles. The summed E-state index contributed by atoms with van der Waals surface area (Å²) >= 11 is 0. The Bertz CT molecular complexity index is 1540. The first-order valence-electron chi connectivity index (χ1n) is 11.6. The Morgan fingerprint density at radius 2 is 1.62 bits per heavy atom. The zero-order chi connectivity index (χ0) is 26.3. The number of ether oxygens (including phenoxy) is 3. The molecule has 0 saturated carbocycles. The first kappa shape index (κ1) is 24.0. The van der Waals surface area contributed by atoms with Crippen molar-refractivity contribution in [3.8, 4) is 17.2 Å². The maximum absolute atomic E-state index is 13.6. The summed E-state index contributed by atoms with van der Waals surface area (Å²) in [6, 6.07) is 17.1. The highest BCUT2D eigenvalue weighted by molar-refractivity contribution is 6.51. The number of methoxy groups -OCH3 is 3. The summed E-state index contributed by atoms with van der Waals surface area (Å²) in [5.74, 6) is -0.714. The first-order valence-corrected chi connectivity index (χ1v) is 11.6. The third-order valence-electron chi connectivity index (χ3n) is 6.57. The molecular formula is C29H26N2O6. The third kappa shape index (κ3) is 3.87. The molecule has 5 rings (SSSR count). The van der Waals surface area contributed by atoms with E-state index in [4.69, 9.17) is 14.2 Å². The van der Waals surface area contributed by atoms with Crippen molar-refractivity contribution in [2.24, 2.45) is 0 Å². The van der Waals surface area contributed by atoms with Gasteiger partial charge in [-0.15, -0.1) is 0 Å². The number of H-pyrrole nitrogens is 1. The number of ketones is 1. The van der Waals surface area contributed by atoms with E-state index in [1.165, 1.54) is 26.2 Å². The number of aromatic amines is 1. The molecule has 1 unspecified atom stereocenters. The minimum absolute atomic E-state index is 0.0365. The van der Waals surface area contributed by atoms with E-state index >= 15 is 0 Å². The van der Waals surface area contributed by atoms with Gasteiger partial charge in [-0.3, -0.25) is 14.5 Å². The second-order valence-corrected chi connectivity index (χ2v) is 8.71. The monoisotopic (exact) mass is 498 g/mol. The number of fused-ring (bicyclic) bond motifs is 1. The van der Waals surface area contributed by atoms with Gasteiger partial charge in [-0.1, -0.05) is 30.3 Å². The Labute approximate surface area is 213 Å². The molecule has 8 heteroatoms. The van der Waals surface area contributed by atoms with Gasteiger partial charge in [0.15, 0.2) is 11.5 Å². The number of aromatic nitrogens is 1. The SMILES string of the molecule is COc1cc(C2/C(=C(/O)c3c[nH]c4ccccc34)C(=O)C(=O)N2c2cccc(C)c2)cc(OC)c1OC. The van der Waals surface area contributed by atoms with E-state index in [0.29, 0.717) is 34.1 Å². The van der Waals surface area contributed by atoms with Gasteiger partial charge >= 0.3 is 0 Å². The normalized spacial score (nSPS) is 16.9. The molecule has 1 fully saturated rings. The van der Waals surface area contributed by atoms with Crippen molar-refractivity contribution in [3.63, 3.8) is 0 Å². The topological polar surface area (TPSA) is 101 Å². The second-order valence-electron chi connectivity index (χ2n) is 8.71. The number of nitrogens with one attached hydrogen (secondary N) is 1. The zero-order valence-corrected chi connectivity index (χ0v) is 20.9. The fourth-order valence-electron chi connectivity index (χ4n) is 4.86. The number of para-hydroxylation sites is 1. The van der Waals surface area contributed by atoms with Crippen LogP contribution in [0.5, 0.6) is 17.2 Å². The van der Waals surface area contributed by atoms with E-state index in [-0.39, 0.29) is 11.3 Å². The molecule has 8 nitrogen and oxygen atoms in total. The minimum atomic E-state index is -0.954. The molecule has 0 bridgehead atoms. The lowest BCUT2D eigenvalue weighted by atomic mass is 9.94. The zero-order valence-electron chi connectivity index (χ0n) is 20.9. The average Bonchev–Trinajstić information content (AvgIpc) is 3.46. The molecule has 188 valence electrons. The number of aryl methyl sites for hydroxylation is 1. The minimum Gasteiger partial charge on any atom is -0.507 e. The van der Waals surface area contributed by atoms with Crippen molar-refractivity contribution in [1.82, 2.24) is 4.98 Å². The van der Waals surface area contributed by atoms with Gasteiger partial charge in [-0.2, -0.15) is 0 Å². The van der Waals surface area contributed by atoms with Gasteiger partial charge in [-0.25, -0.2) is 0 Å². The summed E-state index contributed by atoms with van der Waals surface area (Å²) in [7, 11) is 4.48. The molecule has 37 heavy (non-hydrogen) atoms.